The molecule has 2 heterocycles. The molecule has 260 valence electrons. The first kappa shape index (κ1) is 31.9. The molecule has 0 bridgehead atoms. The molecule has 1 aliphatic rings. The monoisotopic (exact) mass is 712 g/mol. The summed E-state index contributed by atoms with van der Waals surface area (Å²) < 4.78 is 0. The minimum absolute atomic E-state index is 0.638. The van der Waals surface area contributed by atoms with Crippen molar-refractivity contribution < 1.29 is 0 Å². The second kappa shape index (κ2) is 13.1. The Hall–Kier alpha value is -7.56. The molecule has 0 amide bonds. The molecule has 0 aliphatic heterocycles. The van der Waals surface area contributed by atoms with E-state index in [1.54, 1.807) is 0 Å². The second-order valence-electron chi connectivity index (χ2n) is 14.2. The largest absolute Gasteiger partial charge is 0.246 e. The first-order valence-corrected chi connectivity index (χ1v) is 18.9. The van der Waals surface area contributed by atoms with Crippen LogP contribution in [0.15, 0.2) is 194 Å². The molecule has 0 spiro atoms. The van der Waals surface area contributed by atoms with E-state index in [1.807, 2.05) is 60.7 Å². The molecule has 11 rings (SSSR count). The average Bonchev–Trinajstić information content (AvgIpc) is 3.28. The van der Waals surface area contributed by atoms with Crippen molar-refractivity contribution in [2.75, 3.05) is 0 Å². The van der Waals surface area contributed by atoms with Gasteiger partial charge in [0.1, 0.15) is 0 Å². The van der Waals surface area contributed by atoms with E-state index in [9.17, 15) is 0 Å². The summed E-state index contributed by atoms with van der Waals surface area (Å²) >= 11 is 0. The summed E-state index contributed by atoms with van der Waals surface area (Å²) in [6.07, 6.45) is 0. The van der Waals surface area contributed by atoms with Crippen molar-refractivity contribution in [3.63, 3.8) is 0 Å². The van der Waals surface area contributed by atoms with Gasteiger partial charge in [-0.1, -0.05) is 182 Å². The molecule has 1 aliphatic carbocycles. The summed E-state index contributed by atoms with van der Waals surface area (Å²) in [6.45, 7) is 0. The number of fused-ring (bicyclic) bond motifs is 11. The Labute approximate surface area is 324 Å². The van der Waals surface area contributed by atoms with Gasteiger partial charge in [0.2, 0.25) is 0 Å². The number of benzene rings is 8. The zero-order valence-corrected chi connectivity index (χ0v) is 30.3. The fourth-order valence-electron chi connectivity index (χ4n) is 8.13. The summed E-state index contributed by atoms with van der Waals surface area (Å²) in [7, 11) is 0. The first-order chi connectivity index (χ1) is 27.7. The Morgan fingerprint density at radius 2 is 0.714 bits per heavy atom. The minimum atomic E-state index is 0.638. The lowest BCUT2D eigenvalue weighted by molar-refractivity contribution is 1.07. The Bertz CT molecular complexity index is 3060. The van der Waals surface area contributed by atoms with E-state index >= 15 is 0 Å². The molecule has 4 heteroatoms. The Morgan fingerprint density at radius 3 is 1.38 bits per heavy atom. The molecule has 0 radical (unpaired) electrons. The Morgan fingerprint density at radius 1 is 0.250 bits per heavy atom. The van der Waals surface area contributed by atoms with Gasteiger partial charge in [-0.2, -0.15) is 0 Å². The number of hydrogen-bond acceptors (Lipinski definition) is 4. The molecule has 0 fully saturated rings. The smallest absolute Gasteiger partial charge is 0.164 e. The third kappa shape index (κ3) is 5.39. The summed E-state index contributed by atoms with van der Waals surface area (Å²) in [5, 5.41) is 3.49. The molecule has 56 heavy (non-hydrogen) atoms. The molecule has 0 saturated carbocycles. The van der Waals surface area contributed by atoms with Gasteiger partial charge in [0, 0.05) is 38.6 Å². The third-order valence-electron chi connectivity index (χ3n) is 10.9. The molecule has 0 saturated heterocycles. The maximum Gasteiger partial charge on any atom is 0.164 e. The van der Waals surface area contributed by atoms with E-state index in [1.165, 1.54) is 27.6 Å². The summed E-state index contributed by atoms with van der Waals surface area (Å²) in [5.74, 6) is 1.94. The topological polar surface area (TPSA) is 51.6 Å². The maximum absolute atomic E-state index is 5.51. The fraction of sp³-hybridized carbons (Fsp3) is 0. The van der Waals surface area contributed by atoms with Crippen LogP contribution in [0, 0.1) is 0 Å². The molecular weight excluding hydrogens is 681 g/mol. The molecule has 0 atom stereocenters. The normalized spacial score (nSPS) is 11.6. The second-order valence-corrected chi connectivity index (χ2v) is 14.2. The van der Waals surface area contributed by atoms with Crippen LogP contribution in [0.4, 0.5) is 0 Å². The molecule has 2 aromatic heterocycles. The highest BCUT2D eigenvalue weighted by atomic mass is 15.0. The first-order valence-electron chi connectivity index (χ1n) is 18.9. The zero-order valence-electron chi connectivity index (χ0n) is 30.3. The third-order valence-corrected chi connectivity index (χ3v) is 10.9. The van der Waals surface area contributed by atoms with E-state index in [0.29, 0.717) is 17.5 Å². The Kier molecular flexibility index (Phi) is 7.46. The van der Waals surface area contributed by atoms with Crippen LogP contribution in [0.3, 0.4) is 0 Å². The summed E-state index contributed by atoms with van der Waals surface area (Å²) in [4.78, 5) is 20.3. The van der Waals surface area contributed by atoms with Crippen molar-refractivity contribution in [2.24, 2.45) is 0 Å². The van der Waals surface area contributed by atoms with Gasteiger partial charge < -0.3 is 0 Å². The van der Waals surface area contributed by atoms with Crippen molar-refractivity contribution in [1.82, 2.24) is 19.9 Å². The van der Waals surface area contributed by atoms with Gasteiger partial charge in [0.05, 0.1) is 11.2 Å². The van der Waals surface area contributed by atoms with E-state index < -0.39 is 0 Å². The highest BCUT2D eigenvalue weighted by molar-refractivity contribution is 6.10. The van der Waals surface area contributed by atoms with Crippen LogP contribution < -0.4 is 0 Å². The van der Waals surface area contributed by atoms with E-state index in [2.05, 4.69) is 133 Å². The maximum atomic E-state index is 5.51. The highest BCUT2D eigenvalue weighted by Crippen LogP contribution is 2.49. The quantitative estimate of drug-likeness (QED) is 0.170. The van der Waals surface area contributed by atoms with Gasteiger partial charge in [-0.3, -0.25) is 0 Å². The van der Waals surface area contributed by atoms with Gasteiger partial charge in [0.15, 0.2) is 17.5 Å². The van der Waals surface area contributed by atoms with E-state index in [-0.39, 0.29) is 0 Å². The number of aromatic nitrogens is 4. The number of nitrogens with zero attached hydrogens (tertiary/aromatic N) is 4. The summed E-state index contributed by atoms with van der Waals surface area (Å²) in [5.41, 5.74) is 15.3. The van der Waals surface area contributed by atoms with Crippen LogP contribution in [-0.2, 0) is 0 Å². The highest BCUT2D eigenvalue weighted by Gasteiger charge is 2.24. The van der Waals surface area contributed by atoms with Crippen LogP contribution in [0.2, 0.25) is 0 Å². The molecular formula is C52H32N4. The molecule has 0 unspecified atom stereocenters. The van der Waals surface area contributed by atoms with E-state index in [0.717, 1.165) is 66.5 Å². The predicted octanol–water partition coefficient (Wildman–Crippen LogP) is 13.2. The molecule has 4 nitrogen and oxygen atoms in total. The van der Waals surface area contributed by atoms with Crippen molar-refractivity contribution in [2.45, 2.75) is 0 Å². The van der Waals surface area contributed by atoms with Crippen molar-refractivity contribution >= 4 is 21.7 Å². The van der Waals surface area contributed by atoms with Crippen LogP contribution in [0.1, 0.15) is 0 Å². The van der Waals surface area contributed by atoms with E-state index in [4.69, 9.17) is 19.9 Å². The zero-order chi connectivity index (χ0) is 37.0. The van der Waals surface area contributed by atoms with Gasteiger partial charge in [-0.25, -0.2) is 19.9 Å². The number of rotatable bonds is 4. The lowest BCUT2D eigenvalue weighted by Crippen LogP contribution is -2.00. The van der Waals surface area contributed by atoms with Crippen LogP contribution in [0.25, 0.3) is 112 Å². The van der Waals surface area contributed by atoms with Crippen molar-refractivity contribution in [3.05, 3.63) is 194 Å². The lowest BCUT2D eigenvalue weighted by Gasteiger charge is -2.23. The van der Waals surface area contributed by atoms with Crippen LogP contribution in [0.5, 0.6) is 0 Å². The van der Waals surface area contributed by atoms with Gasteiger partial charge >= 0.3 is 0 Å². The number of hydrogen-bond donors (Lipinski definition) is 0. The van der Waals surface area contributed by atoms with Crippen molar-refractivity contribution in [3.8, 4) is 89.9 Å². The molecule has 8 aromatic carbocycles. The number of pyridine rings is 1. The molecule has 0 N–H and O–H groups in total. The van der Waals surface area contributed by atoms with Crippen molar-refractivity contribution in [1.29, 1.82) is 0 Å². The SMILES string of the molecule is c1ccc(-c2nc(-c3ccccc3)nc(-c3ccc(-c4ccc5c(c4)-c4ccccc4-c4nc6c(ccc7ccccc76)cc4-c4ccccc4-5)cc3)n2)cc1. The van der Waals surface area contributed by atoms with Crippen LogP contribution >= 0.6 is 0 Å². The summed E-state index contributed by atoms with van der Waals surface area (Å²) in [6, 6.07) is 68.3. The lowest BCUT2D eigenvalue weighted by atomic mass is 9.81. The van der Waals surface area contributed by atoms with Gasteiger partial charge in [0.25, 0.3) is 0 Å². The van der Waals surface area contributed by atoms with Crippen LogP contribution in [-0.4, -0.2) is 19.9 Å². The predicted molar refractivity (Wildman–Crippen MR) is 230 cm³/mol. The average molecular weight is 713 g/mol. The standard InChI is InChI=1S/C52H32N4/c1-3-14-35(15-4-1)50-54-51(36-16-5-2-6-17-36)56-52(55-50)37-26-23-33(24-27-37)38-29-30-44-41-19-9-10-20-42(41)47-32-39-28-25-34-13-7-8-18-40(34)48(39)53-49(47)45-22-12-11-21-43(45)46(44)31-38/h1-32H. The Balaban J connectivity index is 1.05. The van der Waals surface area contributed by atoms with Gasteiger partial charge in [-0.15, -0.1) is 0 Å². The molecule has 10 aromatic rings. The van der Waals surface area contributed by atoms with Gasteiger partial charge in [-0.05, 0) is 56.5 Å². The minimum Gasteiger partial charge on any atom is -0.246 e. The fourth-order valence-corrected chi connectivity index (χ4v) is 8.13.